The summed E-state index contributed by atoms with van der Waals surface area (Å²) in [5.41, 5.74) is 3.60. The highest BCUT2D eigenvalue weighted by atomic mass is 16.5. The zero-order chi connectivity index (χ0) is 16.0. The number of hydrogen-bond acceptors (Lipinski definition) is 4. The van der Waals surface area contributed by atoms with Gasteiger partial charge in [-0.25, -0.2) is 0 Å². The van der Waals surface area contributed by atoms with Crippen LogP contribution in [0.4, 0.5) is 0 Å². The quantitative estimate of drug-likeness (QED) is 0.654. The fourth-order valence-corrected chi connectivity index (χ4v) is 2.85. The Kier molecular flexibility index (Phi) is 3.05. The van der Waals surface area contributed by atoms with E-state index < -0.39 is 0 Å². The number of rotatable bonds is 1. The van der Waals surface area contributed by atoms with Crippen molar-refractivity contribution in [3.8, 4) is 28.6 Å². The van der Waals surface area contributed by atoms with Gasteiger partial charge in [-0.3, -0.25) is 0 Å². The van der Waals surface area contributed by atoms with Crippen LogP contribution in [-0.2, 0) is 6.42 Å². The summed E-state index contributed by atoms with van der Waals surface area (Å²) in [6.45, 7) is 2.60. The molecule has 23 heavy (non-hydrogen) atoms. The number of phenolic OH excluding ortho intramolecular Hbond substituents is 2. The van der Waals surface area contributed by atoms with Crippen LogP contribution >= 0.6 is 0 Å². The predicted octanol–water partition coefficient (Wildman–Crippen LogP) is 4.39. The van der Waals surface area contributed by atoms with Crippen LogP contribution in [0.2, 0.25) is 0 Å². The summed E-state index contributed by atoms with van der Waals surface area (Å²) in [6.07, 6.45) is 2.98. The van der Waals surface area contributed by atoms with Crippen molar-refractivity contribution in [1.82, 2.24) is 0 Å². The van der Waals surface area contributed by atoms with Gasteiger partial charge in [0.05, 0.1) is 0 Å². The van der Waals surface area contributed by atoms with Gasteiger partial charge in [-0.15, -0.1) is 0 Å². The zero-order valence-electron chi connectivity index (χ0n) is 12.7. The van der Waals surface area contributed by atoms with Crippen molar-refractivity contribution in [3.05, 3.63) is 53.6 Å². The molecule has 4 heteroatoms. The lowest BCUT2D eigenvalue weighted by molar-refractivity contribution is 0.351. The third kappa shape index (κ3) is 2.42. The molecule has 116 valence electrons. The van der Waals surface area contributed by atoms with E-state index in [2.05, 4.69) is 6.08 Å². The smallest absolute Gasteiger partial charge is 0.176 e. The molecule has 0 unspecified atom stereocenters. The summed E-state index contributed by atoms with van der Waals surface area (Å²) in [5, 5.41) is 20.2. The van der Waals surface area contributed by atoms with Crippen molar-refractivity contribution >= 4 is 11.0 Å². The van der Waals surface area contributed by atoms with E-state index in [4.69, 9.17) is 9.15 Å². The van der Waals surface area contributed by atoms with Crippen LogP contribution in [0.5, 0.6) is 17.2 Å². The average Bonchev–Trinajstić information content (AvgIpc) is 2.85. The Morgan fingerprint density at radius 2 is 1.78 bits per heavy atom. The lowest BCUT2D eigenvalue weighted by atomic mass is 10.1. The molecule has 0 radical (unpaired) electrons. The SMILES string of the molecule is CC1=CCc2ccc3cc(-c4cc(O)cc(O)c4)oc3c2OC1. The minimum Gasteiger partial charge on any atom is -0.508 e. The first-order chi connectivity index (χ1) is 11.1. The average molecular weight is 308 g/mol. The van der Waals surface area contributed by atoms with Gasteiger partial charge in [0.25, 0.3) is 0 Å². The maximum Gasteiger partial charge on any atom is 0.176 e. The van der Waals surface area contributed by atoms with Crippen molar-refractivity contribution in [2.75, 3.05) is 6.61 Å². The summed E-state index contributed by atoms with van der Waals surface area (Å²) >= 11 is 0. The molecule has 0 spiro atoms. The molecule has 0 amide bonds. The molecule has 0 saturated carbocycles. The van der Waals surface area contributed by atoms with E-state index in [1.165, 1.54) is 11.6 Å². The Hall–Kier alpha value is -2.88. The van der Waals surface area contributed by atoms with Crippen molar-refractivity contribution in [3.63, 3.8) is 0 Å². The van der Waals surface area contributed by atoms with Crippen molar-refractivity contribution in [2.45, 2.75) is 13.3 Å². The van der Waals surface area contributed by atoms with E-state index >= 15 is 0 Å². The molecule has 4 nitrogen and oxygen atoms in total. The highest BCUT2D eigenvalue weighted by Crippen LogP contribution is 2.38. The number of hydrogen-bond donors (Lipinski definition) is 2. The van der Waals surface area contributed by atoms with Crippen molar-refractivity contribution in [2.24, 2.45) is 0 Å². The summed E-state index contributed by atoms with van der Waals surface area (Å²) in [5.74, 6) is 1.34. The van der Waals surface area contributed by atoms with Gasteiger partial charge in [0.1, 0.15) is 23.9 Å². The molecular formula is C19H16O4. The summed E-state index contributed by atoms with van der Waals surface area (Å²) < 4.78 is 11.9. The van der Waals surface area contributed by atoms with Crippen molar-refractivity contribution < 1.29 is 19.4 Å². The number of furan rings is 1. The molecule has 2 aromatic carbocycles. The Bertz CT molecular complexity index is 914. The third-order valence-electron chi connectivity index (χ3n) is 4.02. The molecule has 0 saturated heterocycles. The lowest BCUT2D eigenvalue weighted by Gasteiger charge is -2.07. The number of phenols is 2. The molecule has 0 bridgehead atoms. The van der Waals surface area contributed by atoms with Gasteiger partial charge in [0.15, 0.2) is 11.3 Å². The second-order valence-corrected chi connectivity index (χ2v) is 5.86. The molecule has 3 aromatic rings. The largest absolute Gasteiger partial charge is 0.508 e. The van der Waals surface area contributed by atoms with Gasteiger partial charge >= 0.3 is 0 Å². The summed E-state index contributed by atoms with van der Waals surface area (Å²) in [7, 11) is 0. The van der Waals surface area contributed by atoms with Crippen LogP contribution in [0.15, 0.2) is 52.5 Å². The minimum absolute atomic E-state index is 0.00430. The van der Waals surface area contributed by atoms with Gasteiger partial charge in [0, 0.05) is 22.6 Å². The van der Waals surface area contributed by atoms with E-state index in [-0.39, 0.29) is 11.5 Å². The summed E-state index contributed by atoms with van der Waals surface area (Å²) in [4.78, 5) is 0. The van der Waals surface area contributed by atoms with Gasteiger partial charge in [-0.2, -0.15) is 0 Å². The van der Waals surface area contributed by atoms with E-state index in [0.29, 0.717) is 23.5 Å². The maximum atomic E-state index is 9.66. The Labute approximate surface area is 133 Å². The van der Waals surface area contributed by atoms with Gasteiger partial charge in [-0.1, -0.05) is 18.2 Å². The number of fused-ring (bicyclic) bond motifs is 3. The van der Waals surface area contributed by atoms with Gasteiger partial charge < -0.3 is 19.4 Å². The van der Waals surface area contributed by atoms with Crippen LogP contribution in [0.3, 0.4) is 0 Å². The van der Waals surface area contributed by atoms with Crippen LogP contribution in [-0.4, -0.2) is 16.8 Å². The summed E-state index contributed by atoms with van der Waals surface area (Å²) in [6, 6.07) is 10.3. The standard InChI is InChI=1S/C19H16O4/c1-11-2-3-12-4-5-13-8-17(23-19(13)18(12)22-10-11)14-6-15(20)9-16(21)7-14/h2,4-9,20-21H,3,10H2,1H3. The highest BCUT2D eigenvalue weighted by Gasteiger charge is 2.17. The monoisotopic (exact) mass is 308 g/mol. The molecule has 0 fully saturated rings. The molecule has 2 heterocycles. The normalized spacial score (nSPS) is 14.0. The highest BCUT2D eigenvalue weighted by molar-refractivity contribution is 5.89. The van der Waals surface area contributed by atoms with Crippen LogP contribution in [0.25, 0.3) is 22.3 Å². The molecule has 1 aromatic heterocycles. The fourth-order valence-electron chi connectivity index (χ4n) is 2.85. The zero-order valence-corrected chi connectivity index (χ0v) is 12.7. The van der Waals surface area contributed by atoms with Crippen LogP contribution in [0.1, 0.15) is 12.5 Å². The van der Waals surface area contributed by atoms with E-state index in [1.54, 1.807) is 12.1 Å². The Balaban J connectivity index is 1.86. The first kappa shape index (κ1) is 13.8. The topological polar surface area (TPSA) is 62.8 Å². The first-order valence-corrected chi connectivity index (χ1v) is 7.47. The number of benzene rings is 2. The maximum absolute atomic E-state index is 9.66. The van der Waals surface area contributed by atoms with Crippen molar-refractivity contribution in [1.29, 1.82) is 0 Å². The van der Waals surface area contributed by atoms with Gasteiger partial charge in [0.2, 0.25) is 0 Å². The molecule has 0 aliphatic carbocycles. The molecule has 4 rings (SSSR count). The molecule has 1 aliphatic rings. The van der Waals surface area contributed by atoms with E-state index in [1.807, 2.05) is 25.1 Å². The fraction of sp³-hybridized carbons (Fsp3) is 0.158. The Morgan fingerprint density at radius 1 is 1.00 bits per heavy atom. The molecule has 0 atom stereocenters. The van der Waals surface area contributed by atoms with Crippen LogP contribution in [0, 0.1) is 0 Å². The first-order valence-electron chi connectivity index (χ1n) is 7.47. The number of allylic oxidation sites excluding steroid dienone is 1. The van der Waals surface area contributed by atoms with Crippen LogP contribution < -0.4 is 4.74 Å². The predicted molar refractivity (Wildman–Crippen MR) is 87.9 cm³/mol. The molecular weight excluding hydrogens is 292 g/mol. The second-order valence-electron chi connectivity index (χ2n) is 5.86. The number of aromatic hydroxyl groups is 2. The minimum atomic E-state index is -0.00430. The number of ether oxygens (including phenoxy) is 1. The molecule has 1 aliphatic heterocycles. The van der Waals surface area contributed by atoms with E-state index in [0.717, 1.165) is 23.1 Å². The molecule has 2 N–H and O–H groups in total. The third-order valence-corrected chi connectivity index (χ3v) is 4.02. The second kappa shape index (κ2) is 5.09. The Morgan fingerprint density at radius 3 is 2.57 bits per heavy atom. The lowest BCUT2D eigenvalue weighted by Crippen LogP contribution is -1.97. The van der Waals surface area contributed by atoms with E-state index in [9.17, 15) is 10.2 Å². The van der Waals surface area contributed by atoms with Gasteiger partial charge in [-0.05, 0) is 37.1 Å².